The van der Waals surface area contributed by atoms with Crippen molar-refractivity contribution in [3.05, 3.63) is 95.3 Å². The SMILES string of the molecule is Cc1ccccc1Cn1c([C@@H]2CC(=O)N(c3ccccc3C)C2)nc2ccccc21. The third-order valence-corrected chi connectivity index (χ3v) is 6.17. The second kappa shape index (κ2) is 7.45. The maximum atomic E-state index is 12.9. The minimum absolute atomic E-state index is 0.0773. The largest absolute Gasteiger partial charge is 0.323 e. The van der Waals surface area contributed by atoms with Gasteiger partial charge in [0.25, 0.3) is 0 Å². The van der Waals surface area contributed by atoms with Crippen molar-refractivity contribution < 1.29 is 4.79 Å². The molecule has 5 rings (SSSR count). The predicted molar refractivity (Wildman–Crippen MR) is 121 cm³/mol. The fourth-order valence-corrected chi connectivity index (χ4v) is 4.51. The Morgan fingerprint density at radius 2 is 1.60 bits per heavy atom. The summed E-state index contributed by atoms with van der Waals surface area (Å²) in [5.74, 6) is 1.25. The standard InChI is InChI=1S/C26H25N3O/c1-18-9-3-5-11-20(18)16-29-24-14-8-6-12-22(24)27-26(29)21-15-25(30)28(17-21)23-13-7-4-10-19(23)2/h3-14,21H,15-17H2,1-2H3/t21-/m1/s1. The van der Waals surface area contributed by atoms with Crippen LogP contribution in [0, 0.1) is 13.8 Å². The fourth-order valence-electron chi connectivity index (χ4n) is 4.51. The van der Waals surface area contributed by atoms with Crippen LogP contribution in [0.4, 0.5) is 5.69 Å². The number of carbonyl (C=O) groups is 1. The summed E-state index contributed by atoms with van der Waals surface area (Å²) in [5.41, 5.74) is 6.79. The Morgan fingerprint density at radius 1 is 0.900 bits per heavy atom. The first kappa shape index (κ1) is 18.6. The number of anilines is 1. The van der Waals surface area contributed by atoms with Crippen LogP contribution in [0.15, 0.2) is 72.8 Å². The molecule has 4 heteroatoms. The third kappa shape index (κ3) is 3.18. The highest BCUT2D eigenvalue weighted by atomic mass is 16.2. The summed E-state index contributed by atoms with van der Waals surface area (Å²) < 4.78 is 2.30. The number of carbonyl (C=O) groups excluding carboxylic acids is 1. The number of fused-ring (bicyclic) bond motifs is 1. The Labute approximate surface area is 176 Å². The van der Waals surface area contributed by atoms with Gasteiger partial charge < -0.3 is 9.47 Å². The highest BCUT2D eigenvalue weighted by molar-refractivity contribution is 5.97. The first-order valence-corrected chi connectivity index (χ1v) is 10.5. The van der Waals surface area contributed by atoms with Crippen LogP contribution >= 0.6 is 0 Å². The van der Waals surface area contributed by atoms with Crippen LogP contribution in [0.1, 0.15) is 34.9 Å². The minimum atomic E-state index is 0.0773. The van der Waals surface area contributed by atoms with E-state index in [9.17, 15) is 4.79 Å². The van der Waals surface area contributed by atoms with Gasteiger partial charge in [0, 0.05) is 31.1 Å². The lowest BCUT2D eigenvalue weighted by Gasteiger charge is -2.19. The zero-order chi connectivity index (χ0) is 20.7. The zero-order valence-electron chi connectivity index (χ0n) is 17.4. The number of amides is 1. The molecular weight excluding hydrogens is 370 g/mol. The van der Waals surface area contributed by atoms with E-state index in [2.05, 4.69) is 66.9 Å². The molecule has 0 spiro atoms. The number of para-hydroxylation sites is 3. The molecule has 0 unspecified atom stereocenters. The molecule has 1 aliphatic rings. The molecule has 0 radical (unpaired) electrons. The molecule has 2 heterocycles. The van der Waals surface area contributed by atoms with Gasteiger partial charge in [-0.1, -0.05) is 54.6 Å². The van der Waals surface area contributed by atoms with Crippen LogP contribution in [0.2, 0.25) is 0 Å². The van der Waals surface area contributed by atoms with E-state index in [0.717, 1.165) is 34.7 Å². The van der Waals surface area contributed by atoms with E-state index in [1.165, 1.54) is 11.1 Å². The van der Waals surface area contributed by atoms with Crippen molar-refractivity contribution in [1.82, 2.24) is 9.55 Å². The Bertz CT molecular complexity index is 1240. The number of rotatable bonds is 4. The number of benzene rings is 3. The summed E-state index contributed by atoms with van der Waals surface area (Å²) in [7, 11) is 0. The van der Waals surface area contributed by atoms with E-state index in [4.69, 9.17) is 4.98 Å². The Hall–Kier alpha value is -3.40. The first-order valence-electron chi connectivity index (χ1n) is 10.5. The van der Waals surface area contributed by atoms with Crippen LogP contribution in [-0.4, -0.2) is 22.0 Å². The van der Waals surface area contributed by atoms with E-state index >= 15 is 0 Å². The highest BCUT2D eigenvalue weighted by Crippen LogP contribution is 2.34. The molecule has 150 valence electrons. The highest BCUT2D eigenvalue weighted by Gasteiger charge is 2.35. The lowest BCUT2D eigenvalue weighted by atomic mass is 10.1. The first-order chi connectivity index (χ1) is 14.6. The Balaban J connectivity index is 1.55. The second-order valence-corrected chi connectivity index (χ2v) is 8.16. The molecule has 30 heavy (non-hydrogen) atoms. The van der Waals surface area contributed by atoms with E-state index in [1.54, 1.807) is 0 Å². The van der Waals surface area contributed by atoms with Gasteiger partial charge in [-0.3, -0.25) is 4.79 Å². The normalized spacial score (nSPS) is 16.5. The van der Waals surface area contributed by atoms with Gasteiger partial charge in [0.2, 0.25) is 5.91 Å². The molecule has 0 saturated carbocycles. The molecule has 1 atom stereocenters. The van der Waals surface area contributed by atoms with E-state index in [1.807, 2.05) is 29.2 Å². The number of hydrogen-bond donors (Lipinski definition) is 0. The third-order valence-electron chi connectivity index (χ3n) is 6.17. The van der Waals surface area contributed by atoms with Gasteiger partial charge in [0.1, 0.15) is 5.82 Å². The van der Waals surface area contributed by atoms with Crippen molar-refractivity contribution in [3.63, 3.8) is 0 Å². The van der Waals surface area contributed by atoms with Gasteiger partial charge >= 0.3 is 0 Å². The topological polar surface area (TPSA) is 38.1 Å². The Morgan fingerprint density at radius 3 is 2.40 bits per heavy atom. The quantitative estimate of drug-likeness (QED) is 0.475. The molecule has 3 aromatic carbocycles. The molecular formula is C26H25N3O. The van der Waals surface area contributed by atoms with Gasteiger partial charge in [-0.05, 0) is 48.7 Å². The molecule has 4 nitrogen and oxygen atoms in total. The lowest BCUT2D eigenvalue weighted by Crippen LogP contribution is -2.25. The van der Waals surface area contributed by atoms with Gasteiger partial charge in [-0.15, -0.1) is 0 Å². The average molecular weight is 396 g/mol. The predicted octanol–water partition coefficient (Wildman–Crippen LogP) is 5.22. The van der Waals surface area contributed by atoms with Crippen LogP contribution in [0.5, 0.6) is 0 Å². The van der Waals surface area contributed by atoms with Gasteiger partial charge in [-0.25, -0.2) is 4.98 Å². The monoisotopic (exact) mass is 395 g/mol. The van der Waals surface area contributed by atoms with Gasteiger partial charge in [0.05, 0.1) is 11.0 Å². The van der Waals surface area contributed by atoms with Crippen molar-refractivity contribution in [2.75, 3.05) is 11.4 Å². The summed E-state index contributed by atoms with van der Waals surface area (Å²) in [6.07, 6.45) is 0.491. The molecule has 0 bridgehead atoms. The number of hydrogen-bond acceptors (Lipinski definition) is 2. The maximum absolute atomic E-state index is 12.9. The van der Waals surface area contributed by atoms with E-state index in [0.29, 0.717) is 13.0 Å². The van der Waals surface area contributed by atoms with Crippen molar-refractivity contribution in [2.24, 2.45) is 0 Å². The maximum Gasteiger partial charge on any atom is 0.227 e. The molecule has 1 amide bonds. The molecule has 1 aromatic heterocycles. The van der Waals surface area contributed by atoms with Crippen molar-refractivity contribution >= 4 is 22.6 Å². The fraction of sp³-hybridized carbons (Fsp3) is 0.231. The number of nitrogens with zero attached hydrogens (tertiary/aromatic N) is 3. The van der Waals surface area contributed by atoms with Crippen molar-refractivity contribution in [1.29, 1.82) is 0 Å². The van der Waals surface area contributed by atoms with Crippen molar-refractivity contribution in [2.45, 2.75) is 32.7 Å². The number of aryl methyl sites for hydroxylation is 2. The molecule has 0 N–H and O–H groups in total. The molecule has 1 fully saturated rings. The molecule has 1 saturated heterocycles. The summed E-state index contributed by atoms with van der Waals surface area (Å²) in [5, 5.41) is 0. The smallest absolute Gasteiger partial charge is 0.227 e. The lowest BCUT2D eigenvalue weighted by molar-refractivity contribution is -0.117. The van der Waals surface area contributed by atoms with Gasteiger partial charge in [0.15, 0.2) is 0 Å². The van der Waals surface area contributed by atoms with Crippen LogP contribution in [0.3, 0.4) is 0 Å². The van der Waals surface area contributed by atoms with Gasteiger partial charge in [-0.2, -0.15) is 0 Å². The van der Waals surface area contributed by atoms with Crippen LogP contribution in [-0.2, 0) is 11.3 Å². The molecule has 0 aliphatic carbocycles. The Kier molecular flexibility index (Phi) is 4.62. The summed E-state index contributed by atoms with van der Waals surface area (Å²) >= 11 is 0. The summed E-state index contributed by atoms with van der Waals surface area (Å²) in [4.78, 5) is 19.9. The zero-order valence-corrected chi connectivity index (χ0v) is 17.4. The summed E-state index contributed by atoms with van der Waals surface area (Å²) in [6.45, 7) is 5.63. The van der Waals surface area contributed by atoms with E-state index < -0.39 is 0 Å². The average Bonchev–Trinajstić information content (AvgIpc) is 3.31. The number of imidazole rings is 1. The second-order valence-electron chi connectivity index (χ2n) is 8.16. The molecule has 1 aliphatic heterocycles. The minimum Gasteiger partial charge on any atom is -0.323 e. The van der Waals surface area contributed by atoms with Crippen LogP contribution < -0.4 is 4.90 Å². The van der Waals surface area contributed by atoms with Crippen molar-refractivity contribution in [3.8, 4) is 0 Å². The van der Waals surface area contributed by atoms with Crippen LogP contribution in [0.25, 0.3) is 11.0 Å². The molecule has 4 aromatic rings. The van der Waals surface area contributed by atoms with E-state index in [-0.39, 0.29) is 11.8 Å². The summed E-state index contributed by atoms with van der Waals surface area (Å²) in [6, 6.07) is 24.8. The number of aromatic nitrogens is 2.